The first-order valence-corrected chi connectivity index (χ1v) is 8.58. The molecule has 2 amide bonds. The van der Waals surface area contributed by atoms with Crippen molar-refractivity contribution >= 4 is 12.5 Å². The number of nitrogens with zero attached hydrogens (tertiary/aromatic N) is 1. The molecule has 0 saturated carbocycles. The number of imide groups is 1. The molecule has 0 aromatic heterocycles. The van der Waals surface area contributed by atoms with Crippen LogP contribution in [0, 0.1) is 0 Å². The monoisotopic (exact) mass is 355 g/mol. The standard InChI is InChI=1S/C21H25NO4/c1-21(2,3)26-20(24)22(16-23)14-13-17-9-11-19(12-10-17)25-15-18-7-5-4-6-8-18/h4-12,16H,13-15H2,1-3H3. The summed E-state index contributed by atoms with van der Waals surface area (Å²) in [7, 11) is 0. The van der Waals surface area contributed by atoms with Crippen molar-refractivity contribution in [3.8, 4) is 5.75 Å². The van der Waals surface area contributed by atoms with Crippen LogP contribution in [0.2, 0.25) is 0 Å². The Morgan fingerprint density at radius 3 is 2.23 bits per heavy atom. The van der Waals surface area contributed by atoms with Crippen LogP contribution in [-0.2, 0) is 22.6 Å². The quantitative estimate of drug-likeness (QED) is 0.699. The second-order valence-corrected chi connectivity index (χ2v) is 6.95. The normalized spacial score (nSPS) is 10.9. The molecule has 0 heterocycles. The van der Waals surface area contributed by atoms with Gasteiger partial charge in [0.15, 0.2) is 0 Å². The molecule has 2 aromatic rings. The molecule has 0 bridgehead atoms. The molecule has 5 heteroatoms. The molecule has 0 atom stereocenters. The van der Waals surface area contributed by atoms with E-state index in [2.05, 4.69) is 0 Å². The summed E-state index contributed by atoms with van der Waals surface area (Å²) in [4.78, 5) is 24.1. The highest BCUT2D eigenvalue weighted by Gasteiger charge is 2.21. The number of carbonyl (C=O) groups is 2. The van der Waals surface area contributed by atoms with E-state index in [4.69, 9.17) is 9.47 Å². The Morgan fingerprint density at radius 1 is 1.00 bits per heavy atom. The van der Waals surface area contributed by atoms with Crippen molar-refractivity contribution in [2.75, 3.05) is 6.54 Å². The lowest BCUT2D eigenvalue weighted by Crippen LogP contribution is -2.37. The molecule has 2 aromatic carbocycles. The van der Waals surface area contributed by atoms with Gasteiger partial charge in [0.05, 0.1) is 0 Å². The fourth-order valence-corrected chi connectivity index (χ4v) is 2.25. The van der Waals surface area contributed by atoms with Gasteiger partial charge in [0.1, 0.15) is 18.0 Å². The van der Waals surface area contributed by atoms with Crippen molar-refractivity contribution in [3.63, 3.8) is 0 Å². The number of ether oxygens (including phenoxy) is 2. The first kappa shape index (κ1) is 19.5. The first-order chi connectivity index (χ1) is 12.4. The zero-order valence-electron chi connectivity index (χ0n) is 15.5. The van der Waals surface area contributed by atoms with Gasteiger partial charge in [0, 0.05) is 6.54 Å². The Balaban J connectivity index is 1.84. The van der Waals surface area contributed by atoms with Crippen LogP contribution in [-0.4, -0.2) is 29.5 Å². The molecule has 26 heavy (non-hydrogen) atoms. The summed E-state index contributed by atoms with van der Waals surface area (Å²) in [6.45, 7) is 6.08. The first-order valence-electron chi connectivity index (χ1n) is 8.58. The molecule has 0 aliphatic heterocycles. The van der Waals surface area contributed by atoms with Crippen LogP contribution in [0.1, 0.15) is 31.9 Å². The van der Waals surface area contributed by atoms with E-state index in [1.807, 2.05) is 54.6 Å². The van der Waals surface area contributed by atoms with Gasteiger partial charge in [-0.15, -0.1) is 0 Å². The SMILES string of the molecule is CC(C)(C)OC(=O)N(C=O)CCc1ccc(OCc2ccccc2)cc1. The maximum Gasteiger partial charge on any atom is 0.416 e. The van der Waals surface area contributed by atoms with Crippen molar-refractivity contribution in [2.45, 2.75) is 39.4 Å². The van der Waals surface area contributed by atoms with Gasteiger partial charge < -0.3 is 9.47 Å². The molecular weight excluding hydrogens is 330 g/mol. The van der Waals surface area contributed by atoms with Gasteiger partial charge in [0.25, 0.3) is 0 Å². The van der Waals surface area contributed by atoms with E-state index >= 15 is 0 Å². The van der Waals surface area contributed by atoms with E-state index in [-0.39, 0.29) is 6.54 Å². The third kappa shape index (κ3) is 6.59. The van der Waals surface area contributed by atoms with Gasteiger partial charge >= 0.3 is 6.09 Å². The minimum atomic E-state index is -0.629. The second kappa shape index (κ2) is 9.04. The predicted octanol–water partition coefficient (Wildman–Crippen LogP) is 4.20. The van der Waals surface area contributed by atoms with Gasteiger partial charge in [-0.2, -0.15) is 0 Å². The van der Waals surface area contributed by atoms with E-state index in [0.29, 0.717) is 19.4 Å². The number of carbonyl (C=O) groups excluding carboxylic acids is 2. The van der Waals surface area contributed by atoms with Gasteiger partial charge in [-0.25, -0.2) is 9.69 Å². The maximum atomic E-state index is 11.9. The van der Waals surface area contributed by atoms with Gasteiger partial charge in [0.2, 0.25) is 6.41 Å². The highest BCUT2D eigenvalue weighted by atomic mass is 16.6. The average Bonchev–Trinajstić information content (AvgIpc) is 2.61. The predicted molar refractivity (Wildman–Crippen MR) is 99.9 cm³/mol. The number of hydrogen-bond donors (Lipinski definition) is 0. The molecule has 0 spiro atoms. The smallest absolute Gasteiger partial charge is 0.416 e. The number of hydrogen-bond acceptors (Lipinski definition) is 4. The zero-order valence-corrected chi connectivity index (χ0v) is 15.5. The van der Waals surface area contributed by atoms with Crippen molar-refractivity contribution in [1.29, 1.82) is 0 Å². The van der Waals surface area contributed by atoms with E-state index < -0.39 is 11.7 Å². The van der Waals surface area contributed by atoms with E-state index in [1.54, 1.807) is 20.8 Å². The fourth-order valence-electron chi connectivity index (χ4n) is 2.25. The Bertz CT molecular complexity index is 705. The average molecular weight is 355 g/mol. The van der Waals surface area contributed by atoms with E-state index in [9.17, 15) is 9.59 Å². The Labute approximate surface area is 154 Å². The number of amides is 2. The fraction of sp³-hybridized carbons (Fsp3) is 0.333. The lowest BCUT2D eigenvalue weighted by Gasteiger charge is -2.23. The minimum Gasteiger partial charge on any atom is -0.489 e. The molecule has 138 valence electrons. The molecule has 5 nitrogen and oxygen atoms in total. The summed E-state index contributed by atoms with van der Waals surface area (Å²) in [5, 5.41) is 0. The van der Waals surface area contributed by atoms with Crippen LogP contribution in [0.3, 0.4) is 0 Å². The third-order valence-corrected chi connectivity index (χ3v) is 3.57. The Hall–Kier alpha value is -2.82. The van der Waals surface area contributed by atoms with Crippen LogP contribution >= 0.6 is 0 Å². The molecule has 2 rings (SSSR count). The summed E-state index contributed by atoms with van der Waals surface area (Å²) in [6, 6.07) is 17.6. The van der Waals surface area contributed by atoms with Crippen molar-refractivity contribution < 1.29 is 19.1 Å². The largest absolute Gasteiger partial charge is 0.489 e. The topological polar surface area (TPSA) is 55.8 Å². The molecule has 0 N–H and O–H groups in total. The zero-order chi connectivity index (χ0) is 19.0. The lowest BCUT2D eigenvalue weighted by atomic mass is 10.1. The van der Waals surface area contributed by atoms with Gasteiger partial charge in [-0.3, -0.25) is 4.79 Å². The summed E-state index contributed by atoms with van der Waals surface area (Å²) in [5.41, 5.74) is 1.49. The van der Waals surface area contributed by atoms with Crippen LogP contribution < -0.4 is 4.74 Å². The van der Waals surface area contributed by atoms with Crippen LogP contribution in [0.5, 0.6) is 5.75 Å². The van der Waals surface area contributed by atoms with Crippen LogP contribution in [0.4, 0.5) is 4.79 Å². The Kier molecular flexibility index (Phi) is 6.78. The highest BCUT2D eigenvalue weighted by Crippen LogP contribution is 2.15. The lowest BCUT2D eigenvalue weighted by molar-refractivity contribution is -0.117. The van der Waals surface area contributed by atoms with Crippen molar-refractivity contribution in [2.24, 2.45) is 0 Å². The molecule has 0 aliphatic carbocycles. The third-order valence-electron chi connectivity index (χ3n) is 3.57. The summed E-state index contributed by atoms with van der Waals surface area (Å²) >= 11 is 0. The molecule has 0 aliphatic rings. The highest BCUT2D eigenvalue weighted by molar-refractivity contribution is 5.80. The van der Waals surface area contributed by atoms with Crippen molar-refractivity contribution in [1.82, 2.24) is 4.90 Å². The number of benzene rings is 2. The summed E-state index contributed by atoms with van der Waals surface area (Å²) in [5.74, 6) is 0.775. The van der Waals surface area contributed by atoms with Gasteiger partial charge in [-0.1, -0.05) is 42.5 Å². The van der Waals surface area contributed by atoms with Crippen LogP contribution in [0.25, 0.3) is 0 Å². The molecule has 0 fully saturated rings. The molecule has 0 radical (unpaired) electrons. The molecule has 0 saturated heterocycles. The minimum absolute atomic E-state index is 0.267. The number of rotatable bonds is 7. The second-order valence-electron chi connectivity index (χ2n) is 6.95. The van der Waals surface area contributed by atoms with E-state index in [1.165, 1.54) is 0 Å². The summed E-state index contributed by atoms with van der Waals surface area (Å²) < 4.78 is 11.0. The Morgan fingerprint density at radius 2 is 1.65 bits per heavy atom. The van der Waals surface area contributed by atoms with Crippen molar-refractivity contribution in [3.05, 3.63) is 65.7 Å². The summed E-state index contributed by atoms with van der Waals surface area (Å²) in [6.07, 6.45) is 0.429. The molecule has 0 unspecified atom stereocenters. The maximum absolute atomic E-state index is 11.9. The molecular formula is C21H25NO4. The van der Waals surface area contributed by atoms with Gasteiger partial charge in [-0.05, 0) is 50.5 Å². The van der Waals surface area contributed by atoms with Crippen LogP contribution in [0.15, 0.2) is 54.6 Å². The van der Waals surface area contributed by atoms with E-state index in [0.717, 1.165) is 21.8 Å².